The zero-order chi connectivity index (χ0) is 15.4. The summed E-state index contributed by atoms with van der Waals surface area (Å²) in [5, 5.41) is 26.5. The highest BCUT2D eigenvalue weighted by atomic mass is 16.5. The number of aliphatic hydroxyl groups is 1. The van der Waals surface area contributed by atoms with Crippen molar-refractivity contribution in [3.05, 3.63) is 18.1 Å². The van der Waals surface area contributed by atoms with Gasteiger partial charge in [-0.05, 0) is 6.92 Å². The monoisotopic (exact) mass is 295 g/mol. The first-order valence-electron chi connectivity index (χ1n) is 6.44. The maximum absolute atomic E-state index is 11.3. The summed E-state index contributed by atoms with van der Waals surface area (Å²) in [6.45, 7) is 2.52. The third-order valence-corrected chi connectivity index (χ3v) is 2.87. The third-order valence-electron chi connectivity index (χ3n) is 2.87. The molecule has 0 aliphatic heterocycles. The van der Waals surface area contributed by atoms with Gasteiger partial charge in [0.1, 0.15) is 5.69 Å². The highest BCUT2D eigenvalue weighted by molar-refractivity contribution is 5.91. The zero-order valence-corrected chi connectivity index (χ0v) is 11.8. The number of nitrogens with zero attached hydrogens (tertiary/aromatic N) is 5. The van der Waals surface area contributed by atoms with Crippen LogP contribution in [0.3, 0.4) is 0 Å². The summed E-state index contributed by atoms with van der Waals surface area (Å²) in [6, 6.07) is 0. The van der Waals surface area contributed by atoms with Crippen molar-refractivity contribution in [1.29, 1.82) is 0 Å². The first-order valence-corrected chi connectivity index (χ1v) is 6.44. The van der Waals surface area contributed by atoms with Gasteiger partial charge in [-0.3, -0.25) is 0 Å². The van der Waals surface area contributed by atoms with E-state index in [2.05, 4.69) is 15.3 Å². The van der Waals surface area contributed by atoms with Crippen LogP contribution in [0.2, 0.25) is 0 Å². The van der Waals surface area contributed by atoms with Crippen molar-refractivity contribution < 1.29 is 19.7 Å². The van der Waals surface area contributed by atoms with Gasteiger partial charge in [-0.2, -0.15) is 0 Å². The van der Waals surface area contributed by atoms with E-state index in [1.165, 1.54) is 4.68 Å². The fraction of sp³-hybridized carbons (Fsp3) is 0.500. The largest absolute Gasteiger partial charge is 0.476 e. The number of hydrogen-bond donors (Lipinski definition) is 2. The maximum atomic E-state index is 11.3. The summed E-state index contributed by atoms with van der Waals surface area (Å²) in [5.41, 5.74) is 0.0541. The van der Waals surface area contributed by atoms with Crippen molar-refractivity contribution >= 4 is 5.97 Å². The molecular formula is C12H17N5O4. The molecule has 0 saturated heterocycles. The number of aliphatic hydroxyl groups excluding tert-OH is 1. The van der Waals surface area contributed by atoms with Crippen molar-refractivity contribution in [2.75, 3.05) is 13.2 Å². The van der Waals surface area contributed by atoms with Crippen LogP contribution in [0.1, 0.15) is 17.4 Å². The fourth-order valence-corrected chi connectivity index (χ4v) is 1.91. The summed E-state index contributed by atoms with van der Waals surface area (Å²) in [5.74, 6) is -0.778. The second kappa shape index (κ2) is 6.46. The molecule has 0 amide bonds. The van der Waals surface area contributed by atoms with E-state index >= 15 is 0 Å². The quantitative estimate of drug-likeness (QED) is 0.725. The lowest BCUT2D eigenvalue weighted by Gasteiger charge is -2.12. The minimum absolute atomic E-state index is 0.0719. The molecule has 0 aromatic carbocycles. The molecule has 2 aromatic rings. The smallest absolute Gasteiger partial charge is 0.358 e. The molecule has 2 N–H and O–H groups in total. The summed E-state index contributed by atoms with van der Waals surface area (Å²) in [4.78, 5) is 15.4. The molecule has 9 nitrogen and oxygen atoms in total. The lowest BCUT2D eigenvalue weighted by molar-refractivity contribution is 0.0316. The average Bonchev–Trinajstić information content (AvgIpc) is 3.02. The van der Waals surface area contributed by atoms with Crippen LogP contribution in [0.4, 0.5) is 0 Å². The summed E-state index contributed by atoms with van der Waals surface area (Å²) in [7, 11) is 1.74. The Kier molecular flexibility index (Phi) is 4.66. The minimum Gasteiger partial charge on any atom is -0.476 e. The van der Waals surface area contributed by atoms with Crippen LogP contribution in [0.15, 0.2) is 12.4 Å². The van der Waals surface area contributed by atoms with Crippen molar-refractivity contribution in [3.8, 4) is 11.5 Å². The Morgan fingerprint density at radius 2 is 2.29 bits per heavy atom. The van der Waals surface area contributed by atoms with Gasteiger partial charge in [0.25, 0.3) is 0 Å². The van der Waals surface area contributed by atoms with Crippen molar-refractivity contribution in [3.63, 3.8) is 0 Å². The Labute approximate surface area is 120 Å². The topological polar surface area (TPSA) is 115 Å². The molecule has 0 bridgehead atoms. The number of imidazole rings is 1. The number of rotatable bonds is 7. The number of aryl methyl sites for hydroxylation is 1. The number of aromatic carboxylic acids is 1. The minimum atomic E-state index is -1.20. The first kappa shape index (κ1) is 15.1. The molecule has 2 heterocycles. The van der Waals surface area contributed by atoms with Gasteiger partial charge in [-0.1, -0.05) is 5.21 Å². The highest BCUT2D eigenvalue weighted by Crippen LogP contribution is 2.20. The van der Waals surface area contributed by atoms with Gasteiger partial charge in [0, 0.05) is 26.0 Å². The van der Waals surface area contributed by atoms with Gasteiger partial charge in [-0.25, -0.2) is 14.5 Å². The number of carbonyl (C=O) groups is 1. The van der Waals surface area contributed by atoms with Gasteiger partial charge in [-0.15, -0.1) is 5.10 Å². The molecule has 0 aliphatic rings. The summed E-state index contributed by atoms with van der Waals surface area (Å²) in [6.07, 6.45) is 2.43. The molecule has 1 unspecified atom stereocenters. The van der Waals surface area contributed by atoms with Crippen LogP contribution >= 0.6 is 0 Å². The number of aromatic nitrogens is 5. The molecule has 0 saturated carbocycles. The standard InChI is InChI=1S/C12H17N5O4/c1-3-21-7-8(18)6-17-10(9(12(19)20)14-15-17)11-13-4-5-16(11)2/h4-5,8,18H,3,6-7H2,1-2H3,(H,19,20). The lowest BCUT2D eigenvalue weighted by Crippen LogP contribution is -2.23. The van der Waals surface area contributed by atoms with E-state index in [1.807, 2.05) is 6.92 Å². The Morgan fingerprint density at radius 1 is 1.52 bits per heavy atom. The molecule has 0 radical (unpaired) electrons. The molecule has 0 aliphatic carbocycles. The molecule has 114 valence electrons. The van der Waals surface area contributed by atoms with E-state index in [9.17, 15) is 15.0 Å². The first-order chi connectivity index (χ1) is 10.0. The maximum Gasteiger partial charge on any atom is 0.358 e. The van der Waals surface area contributed by atoms with E-state index < -0.39 is 12.1 Å². The lowest BCUT2D eigenvalue weighted by atomic mass is 10.3. The van der Waals surface area contributed by atoms with Crippen LogP contribution in [-0.2, 0) is 18.3 Å². The number of carboxylic acids is 1. The second-order valence-electron chi connectivity index (χ2n) is 4.45. The van der Waals surface area contributed by atoms with Crippen LogP contribution in [-0.4, -0.2) is 60.0 Å². The van der Waals surface area contributed by atoms with E-state index in [1.54, 1.807) is 24.0 Å². The van der Waals surface area contributed by atoms with Crippen molar-refractivity contribution in [2.45, 2.75) is 19.6 Å². The molecule has 0 fully saturated rings. The third kappa shape index (κ3) is 3.26. The van der Waals surface area contributed by atoms with Gasteiger partial charge in [0.05, 0.1) is 19.3 Å². The predicted molar refractivity (Wildman–Crippen MR) is 71.7 cm³/mol. The molecular weight excluding hydrogens is 278 g/mol. The van der Waals surface area contributed by atoms with E-state index in [0.29, 0.717) is 12.4 Å². The molecule has 1 atom stereocenters. The highest BCUT2D eigenvalue weighted by Gasteiger charge is 2.24. The second-order valence-corrected chi connectivity index (χ2v) is 4.45. The summed E-state index contributed by atoms with van der Waals surface area (Å²) < 4.78 is 8.12. The fourth-order valence-electron chi connectivity index (χ4n) is 1.91. The Hall–Kier alpha value is -2.26. The molecule has 21 heavy (non-hydrogen) atoms. The van der Waals surface area contributed by atoms with Crippen LogP contribution in [0.25, 0.3) is 11.5 Å². The van der Waals surface area contributed by atoms with Crippen LogP contribution in [0.5, 0.6) is 0 Å². The molecule has 9 heteroatoms. The summed E-state index contributed by atoms with van der Waals surface area (Å²) >= 11 is 0. The number of carboxylic acid groups (broad SMARTS) is 1. The Morgan fingerprint density at radius 3 is 2.86 bits per heavy atom. The van der Waals surface area contributed by atoms with E-state index in [-0.39, 0.29) is 24.5 Å². The molecule has 0 spiro atoms. The van der Waals surface area contributed by atoms with Crippen molar-refractivity contribution in [1.82, 2.24) is 24.5 Å². The van der Waals surface area contributed by atoms with Gasteiger partial charge >= 0.3 is 5.97 Å². The Balaban J connectivity index is 2.34. The van der Waals surface area contributed by atoms with E-state index in [4.69, 9.17) is 4.74 Å². The molecule has 2 rings (SSSR count). The number of ether oxygens (including phenoxy) is 1. The van der Waals surface area contributed by atoms with Crippen LogP contribution < -0.4 is 0 Å². The van der Waals surface area contributed by atoms with Gasteiger partial charge in [0.15, 0.2) is 5.82 Å². The van der Waals surface area contributed by atoms with E-state index in [0.717, 1.165) is 0 Å². The number of hydrogen-bond acceptors (Lipinski definition) is 6. The zero-order valence-electron chi connectivity index (χ0n) is 11.8. The van der Waals surface area contributed by atoms with Crippen molar-refractivity contribution in [2.24, 2.45) is 7.05 Å². The van der Waals surface area contributed by atoms with Gasteiger partial charge in [0.2, 0.25) is 5.69 Å². The average molecular weight is 295 g/mol. The van der Waals surface area contributed by atoms with Gasteiger partial charge < -0.3 is 19.5 Å². The normalized spacial score (nSPS) is 12.5. The SMILES string of the molecule is CCOCC(O)Cn1nnc(C(=O)O)c1-c1nccn1C. The molecule has 2 aromatic heterocycles. The van der Waals surface area contributed by atoms with Crippen LogP contribution in [0, 0.1) is 0 Å². The Bertz CT molecular complexity index is 621. The predicted octanol–water partition coefficient (Wildman–Crippen LogP) is -0.226.